The van der Waals surface area contributed by atoms with E-state index in [4.69, 9.17) is 5.73 Å². The van der Waals surface area contributed by atoms with Gasteiger partial charge >= 0.3 is 0 Å². The van der Waals surface area contributed by atoms with E-state index in [1.54, 1.807) is 11.3 Å². The van der Waals surface area contributed by atoms with Crippen molar-refractivity contribution < 1.29 is 4.79 Å². The average molecular weight is 253 g/mol. The maximum absolute atomic E-state index is 11.8. The Morgan fingerprint density at radius 2 is 2.24 bits per heavy atom. The maximum atomic E-state index is 11.8. The van der Waals surface area contributed by atoms with Crippen LogP contribution in [0.25, 0.3) is 0 Å². The van der Waals surface area contributed by atoms with Gasteiger partial charge in [-0.05, 0) is 42.7 Å². The summed E-state index contributed by atoms with van der Waals surface area (Å²) in [5.41, 5.74) is 5.71. The fraction of sp³-hybridized carbons (Fsp3) is 0.643. The normalized spacial score (nSPS) is 12.9. The van der Waals surface area contributed by atoms with Gasteiger partial charge in [0.05, 0.1) is 0 Å². The summed E-state index contributed by atoms with van der Waals surface area (Å²) in [6.07, 6.45) is 3.26. The molecule has 0 spiro atoms. The number of carbonyl (C=O) groups is 1. The second-order valence-electron chi connectivity index (χ2n) is 5.05. The van der Waals surface area contributed by atoms with Crippen LogP contribution in [0.2, 0.25) is 0 Å². The lowest BCUT2D eigenvalue weighted by atomic mass is 9.91. The molecular formula is C14H23NOS. The zero-order valence-corrected chi connectivity index (χ0v) is 11.6. The van der Waals surface area contributed by atoms with E-state index in [9.17, 15) is 4.79 Å². The number of hydrogen-bond donors (Lipinski definition) is 1. The molecule has 0 saturated heterocycles. The molecule has 0 aliphatic rings. The van der Waals surface area contributed by atoms with E-state index in [1.807, 2.05) is 6.07 Å². The molecule has 2 N–H and O–H groups in total. The Hall–Kier alpha value is -0.670. The summed E-state index contributed by atoms with van der Waals surface area (Å²) in [6.45, 7) is 4.99. The number of Topliss-reactive ketones (excluding diaryl/α,β-unsaturated/α-hetero) is 1. The molecule has 0 bridgehead atoms. The first-order valence-electron chi connectivity index (χ1n) is 6.36. The van der Waals surface area contributed by atoms with Crippen LogP contribution < -0.4 is 5.73 Å². The minimum atomic E-state index is 0.356. The van der Waals surface area contributed by atoms with Gasteiger partial charge in [0.25, 0.3) is 0 Å². The minimum absolute atomic E-state index is 0.356. The number of aryl methyl sites for hydroxylation is 1. The first-order chi connectivity index (χ1) is 8.11. The lowest BCUT2D eigenvalue weighted by Crippen LogP contribution is -2.20. The minimum Gasteiger partial charge on any atom is -0.330 e. The van der Waals surface area contributed by atoms with Gasteiger partial charge in [-0.2, -0.15) is 0 Å². The molecule has 1 aromatic heterocycles. The topological polar surface area (TPSA) is 43.1 Å². The maximum Gasteiger partial charge on any atom is 0.133 e. The molecule has 17 heavy (non-hydrogen) atoms. The Bertz CT molecular complexity index is 319. The van der Waals surface area contributed by atoms with Gasteiger partial charge in [-0.3, -0.25) is 4.79 Å². The van der Waals surface area contributed by atoms with Crippen LogP contribution in [0.5, 0.6) is 0 Å². The molecule has 0 aromatic carbocycles. The quantitative estimate of drug-likeness (QED) is 0.772. The van der Waals surface area contributed by atoms with Crippen LogP contribution in [-0.4, -0.2) is 12.3 Å². The Balaban J connectivity index is 2.27. The second-order valence-corrected chi connectivity index (χ2v) is 6.09. The molecule has 0 radical (unpaired) electrons. The molecule has 96 valence electrons. The van der Waals surface area contributed by atoms with Crippen molar-refractivity contribution in [3.05, 3.63) is 22.4 Å². The summed E-state index contributed by atoms with van der Waals surface area (Å²) in [5.74, 6) is 1.34. The predicted octanol–water partition coefficient (Wildman–Crippen LogP) is 3.26. The smallest absolute Gasteiger partial charge is 0.133 e. The van der Waals surface area contributed by atoms with Crippen LogP contribution in [0.4, 0.5) is 0 Å². The Morgan fingerprint density at radius 1 is 1.47 bits per heavy atom. The van der Waals surface area contributed by atoms with Crippen molar-refractivity contribution in [3.63, 3.8) is 0 Å². The van der Waals surface area contributed by atoms with E-state index in [0.29, 0.717) is 37.0 Å². The van der Waals surface area contributed by atoms with E-state index >= 15 is 0 Å². The lowest BCUT2D eigenvalue weighted by molar-refractivity contribution is -0.120. The zero-order valence-electron chi connectivity index (χ0n) is 10.8. The highest BCUT2D eigenvalue weighted by Gasteiger charge is 2.14. The Morgan fingerprint density at radius 3 is 2.76 bits per heavy atom. The SMILES string of the molecule is CC(C)CC(CN)CC(=O)CCc1cccs1. The van der Waals surface area contributed by atoms with Crippen molar-refractivity contribution in [1.29, 1.82) is 0 Å². The third-order valence-corrected chi connectivity index (χ3v) is 3.82. The number of nitrogens with two attached hydrogens (primary N) is 1. The summed E-state index contributed by atoms with van der Waals surface area (Å²) in [7, 11) is 0. The molecule has 1 heterocycles. The van der Waals surface area contributed by atoms with Gasteiger partial charge in [0.15, 0.2) is 0 Å². The lowest BCUT2D eigenvalue weighted by Gasteiger charge is -2.15. The van der Waals surface area contributed by atoms with Gasteiger partial charge in [0.2, 0.25) is 0 Å². The van der Waals surface area contributed by atoms with E-state index < -0.39 is 0 Å². The van der Waals surface area contributed by atoms with Gasteiger partial charge in [-0.1, -0.05) is 19.9 Å². The van der Waals surface area contributed by atoms with Crippen LogP contribution >= 0.6 is 11.3 Å². The molecule has 0 saturated carbocycles. The van der Waals surface area contributed by atoms with Crippen molar-refractivity contribution in [1.82, 2.24) is 0 Å². The van der Waals surface area contributed by atoms with Crippen molar-refractivity contribution >= 4 is 17.1 Å². The first-order valence-corrected chi connectivity index (χ1v) is 7.24. The number of carbonyl (C=O) groups excluding carboxylic acids is 1. The average Bonchev–Trinajstić information content (AvgIpc) is 2.77. The third kappa shape index (κ3) is 5.99. The highest BCUT2D eigenvalue weighted by Crippen LogP contribution is 2.17. The molecule has 1 atom stereocenters. The van der Waals surface area contributed by atoms with E-state index in [1.165, 1.54) is 4.88 Å². The van der Waals surface area contributed by atoms with Crippen LogP contribution in [0.3, 0.4) is 0 Å². The largest absolute Gasteiger partial charge is 0.330 e. The van der Waals surface area contributed by atoms with E-state index in [2.05, 4.69) is 25.3 Å². The van der Waals surface area contributed by atoms with Crippen molar-refractivity contribution in [2.75, 3.05) is 6.54 Å². The summed E-state index contributed by atoms with van der Waals surface area (Å²) >= 11 is 1.72. The molecule has 3 heteroatoms. The molecular weight excluding hydrogens is 230 g/mol. The van der Waals surface area contributed by atoms with E-state index in [-0.39, 0.29) is 0 Å². The highest BCUT2D eigenvalue weighted by molar-refractivity contribution is 7.09. The van der Waals surface area contributed by atoms with Crippen LogP contribution in [0.1, 0.15) is 38.0 Å². The highest BCUT2D eigenvalue weighted by atomic mass is 32.1. The fourth-order valence-corrected chi connectivity index (χ4v) is 2.78. The third-order valence-electron chi connectivity index (χ3n) is 2.88. The van der Waals surface area contributed by atoms with Crippen LogP contribution in [-0.2, 0) is 11.2 Å². The Labute approximate surface area is 108 Å². The number of ketones is 1. The van der Waals surface area contributed by atoms with Gasteiger partial charge in [-0.25, -0.2) is 0 Å². The standard InChI is InChI=1S/C14H23NOS/c1-11(2)8-12(10-15)9-13(16)5-6-14-4-3-7-17-14/h3-4,7,11-12H,5-6,8-10,15H2,1-2H3. The molecule has 1 unspecified atom stereocenters. The van der Waals surface area contributed by atoms with Gasteiger partial charge in [0, 0.05) is 17.7 Å². The predicted molar refractivity (Wildman–Crippen MR) is 74.3 cm³/mol. The number of hydrogen-bond acceptors (Lipinski definition) is 3. The van der Waals surface area contributed by atoms with Crippen LogP contribution in [0, 0.1) is 11.8 Å². The van der Waals surface area contributed by atoms with Crippen LogP contribution in [0.15, 0.2) is 17.5 Å². The van der Waals surface area contributed by atoms with Gasteiger partial charge in [-0.15, -0.1) is 11.3 Å². The zero-order chi connectivity index (χ0) is 12.7. The van der Waals surface area contributed by atoms with Gasteiger partial charge < -0.3 is 5.73 Å². The van der Waals surface area contributed by atoms with E-state index in [0.717, 1.165) is 12.8 Å². The molecule has 2 nitrogen and oxygen atoms in total. The molecule has 0 aliphatic carbocycles. The number of thiophene rings is 1. The van der Waals surface area contributed by atoms with Crippen molar-refractivity contribution in [3.8, 4) is 0 Å². The summed E-state index contributed by atoms with van der Waals surface area (Å²) in [4.78, 5) is 13.1. The fourth-order valence-electron chi connectivity index (χ4n) is 2.07. The molecule has 1 rings (SSSR count). The van der Waals surface area contributed by atoms with Crippen molar-refractivity contribution in [2.45, 2.75) is 39.5 Å². The number of rotatable bonds is 8. The monoisotopic (exact) mass is 253 g/mol. The van der Waals surface area contributed by atoms with Crippen molar-refractivity contribution in [2.24, 2.45) is 17.6 Å². The second kappa shape index (κ2) is 7.62. The Kier molecular flexibility index (Phi) is 6.45. The summed E-state index contributed by atoms with van der Waals surface area (Å²) in [6, 6.07) is 4.12. The molecule has 0 fully saturated rings. The van der Waals surface area contributed by atoms with Gasteiger partial charge in [0.1, 0.15) is 5.78 Å². The molecule has 0 aliphatic heterocycles. The summed E-state index contributed by atoms with van der Waals surface area (Å²) in [5, 5.41) is 2.06. The molecule has 1 aromatic rings. The summed E-state index contributed by atoms with van der Waals surface area (Å²) < 4.78 is 0. The first kappa shape index (κ1) is 14.4. The molecule has 0 amide bonds.